The summed E-state index contributed by atoms with van der Waals surface area (Å²) in [5.41, 5.74) is 0. The van der Waals surface area contributed by atoms with E-state index < -0.39 is 0 Å². The minimum atomic E-state index is 0. The zero-order chi connectivity index (χ0) is 18.3. The Labute approximate surface area is 218 Å². The molecule has 28 heavy (non-hydrogen) atoms. The standard InChI is InChI=1S/2C9H7.C2H6Si.CH3.2Al.2ClH.O.Zr/c2*1-2-5-9-7-3-6-8(9)4-1;1-3-2;;;;;;;/h2*1-7H;1-2H3;1H3;;;2*1H;;/q2*-1;;;;;;;;+4/p-2. The molecule has 0 unspecified atom stereocenters. The molecule has 0 aliphatic carbocycles. The van der Waals surface area contributed by atoms with Gasteiger partial charge in [-0.2, -0.15) is 35.0 Å². The van der Waals surface area contributed by atoms with Crippen molar-refractivity contribution in [1.29, 1.82) is 0 Å². The first kappa shape index (κ1) is 33.0. The Balaban J connectivity index is -0.000000314. The molecule has 0 N–H and O–H groups in total. The molecule has 4 aromatic rings. The summed E-state index contributed by atoms with van der Waals surface area (Å²) in [5, 5.41) is 5.32. The van der Waals surface area contributed by atoms with Crippen LogP contribution in [0.1, 0.15) is 0 Å². The SMILES string of the molecule is C[Si]C.[CH3][Al][O][Al].[Cl-].[Cl-].[Zr+4].c1ccc2[cH-]ccc2c1.c1ccc2[cH-]ccc2c1. The van der Waals surface area contributed by atoms with Crippen LogP contribution in [0.15, 0.2) is 84.9 Å². The Kier molecular flexibility index (Phi) is 26.0. The fourth-order valence-corrected chi connectivity index (χ4v) is 2.14. The first-order valence-electron chi connectivity index (χ1n) is 8.19. The Bertz CT molecular complexity index is 696. The van der Waals surface area contributed by atoms with E-state index in [0.717, 1.165) is 9.52 Å². The third kappa shape index (κ3) is 13.6. The molecule has 0 saturated carbocycles. The van der Waals surface area contributed by atoms with Crippen molar-refractivity contribution in [2.75, 3.05) is 0 Å². The predicted octanol–water partition coefficient (Wildman–Crippen LogP) is -0.336. The zero-order valence-corrected chi connectivity index (χ0v) is 23.7. The van der Waals surface area contributed by atoms with Crippen LogP contribution in [0, 0.1) is 0 Å². The normalized spacial score (nSPS) is 8.11. The van der Waals surface area contributed by atoms with Crippen molar-refractivity contribution in [3.05, 3.63) is 84.9 Å². The number of rotatable bonds is 1. The van der Waals surface area contributed by atoms with E-state index in [9.17, 15) is 0 Å². The van der Waals surface area contributed by atoms with Crippen molar-refractivity contribution >= 4 is 63.2 Å². The second-order valence-electron chi connectivity index (χ2n) is 5.18. The predicted molar refractivity (Wildman–Crippen MR) is 115 cm³/mol. The number of halogens is 2. The maximum absolute atomic E-state index is 4.54. The molecule has 0 spiro atoms. The maximum Gasteiger partial charge on any atom is 4.00 e. The number of hydrogen-bond acceptors (Lipinski definition) is 1. The summed E-state index contributed by atoms with van der Waals surface area (Å²) in [4.78, 5) is 0. The van der Waals surface area contributed by atoms with Crippen LogP contribution < -0.4 is 24.8 Å². The van der Waals surface area contributed by atoms with E-state index in [1.54, 1.807) is 0 Å². The molecule has 1 nitrogen and oxygen atoms in total. The first-order chi connectivity index (χ1) is 12.3. The van der Waals surface area contributed by atoms with Gasteiger partial charge in [0.1, 0.15) is 0 Å². The Hall–Kier alpha value is 0.365. The summed E-state index contributed by atoms with van der Waals surface area (Å²) in [6.07, 6.45) is 0. The monoisotopic (exact) mass is 533 g/mol. The van der Waals surface area contributed by atoms with Gasteiger partial charge in [-0.3, -0.25) is 0 Å². The van der Waals surface area contributed by atoms with E-state index in [-0.39, 0.29) is 66.6 Å². The van der Waals surface area contributed by atoms with Gasteiger partial charge in [0, 0.05) is 9.52 Å². The molecular weight excluding hydrogens is 512 g/mol. The molecule has 0 aromatic heterocycles. The molecule has 0 fully saturated rings. The van der Waals surface area contributed by atoms with Gasteiger partial charge >= 0.3 is 58.4 Å². The van der Waals surface area contributed by atoms with Gasteiger partial charge in [-0.05, 0) is 0 Å². The van der Waals surface area contributed by atoms with Crippen molar-refractivity contribution in [2.45, 2.75) is 18.9 Å². The molecule has 4 rings (SSSR count). The summed E-state index contributed by atoms with van der Waals surface area (Å²) < 4.78 is 4.54. The number of hydrogen-bond donors (Lipinski definition) is 0. The molecule has 0 amide bonds. The molecule has 141 valence electrons. The molecule has 0 heterocycles. The summed E-state index contributed by atoms with van der Waals surface area (Å²) in [7, 11) is 1.08. The Morgan fingerprint density at radius 3 is 1.39 bits per heavy atom. The smallest absolute Gasteiger partial charge is 1.00 e. The molecular formula is C21H23Al2Cl2OSiZr. The molecule has 7 heteroatoms. The van der Waals surface area contributed by atoms with Gasteiger partial charge in [-0.1, -0.05) is 31.0 Å². The molecule has 0 atom stereocenters. The minimum absolute atomic E-state index is 0. The summed E-state index contributed by atoms with van der Waals surface area (Å²) in [6.45, 7) is 4.31. The summed E-state index contributed by atoms with van der Waals surface area (Å²) >= 11 is 2.44. The van der Waals surface area contributed by atoms with Gasteiger partial charge in [0.15, 0.2) is 0 Å². The topological polar surface area (TPSA) is 9.23 Å². The summed E-state index contributed by atoms with van der Waals surface area (Å²) in [6, 6.07) is 29.3. The van der Waals surface area contributed by atoms with Gasteiger partial charge in [0.05, 0.1) is 0 Å². The number of benzene rings is 2. The van der Waals surface area contributed by atoms with E-state index in [1.807, 2.05) is 5.79 Å². The third-order valence-corrected chi connectivity index (χ3v) is 4.32. The van der Waals surface area contributed by atoms with Gasteiger partial charge in [0.25, 0.3) is 0 Å². The largest absolute Gasteiger partial charge is 4.00 e. The van der Waals surface area contributed by atoms with Crippen LogP contribution in [-0.2, 0) is 29.0 Å². The van der Waals surface area contributed by atoms with Gasteiger partial charge in [-0.25, -0.2) is 0 Å². The fraction of sp³-hybridized carbons (Fsp3) is 0.143. The van der Waals surface area contributed by atoms with Crippen molar-refractivity contribution in [3.8, 4) is 0 Å². The molecule has 0 saturated heterocycles. The van der Waals surface area contributed by atoms with Crippen molar-refractivity contribution in [1.82, 2.24) is 0 Å². The zero-order valence-electron chi connectivity index (χ0n) is 16.4. The van der Waals surface area contributed by atoms with Crippen LogP contribution >= 0.6 is 0 Å². The van der Waals surface area contributed by atoms with E-state index in [2.05, 4.69) is 117 Å². The van der Waals surface area contributed by atoms with E-state index >= 15 is 0 Å². The van der Waals surface area contributed by atoms with Crippen LogP contribution in [0.5, 0.6) is 0 Å². The molecule has 0 aliphatic heterocycles. The Morgan fingerprint density at radius 1 is 0.786 bits per heavy atom. The minimum Gasteiger partial charge on any atom is -1.00 e. The van der Waals surface area contributed by atoms with E-state index in [1.165, 1.54) is 21.5 Å². The second-order valence-corrected chi connectivity index (χ2v) is 7.74. The average Bonchev–Trinajstić information content (AvgIpc) is 3.32. The van der Waals surface area contributed by atoms with E-state index in [4.69, 9.17) is 0 Å². The molecule has 5 radical (unpaired) electrons. The van der Waals surface area contributed by atoms with Crippen molar-refractivity contribution in [3.63, 3.8) is 0 Å². The molecule has 0 bridgehead atoms. The van der Waals surface area contributed by atoms with Crippen molar-refractivity contribution < 1.29 is 53.9 Å². The second kappa shape index (κ2) is 22.1. The summed E-state index contributed by atoms with van der Waals surface area (Å²) in [5.74, 6) is 2.02. The van der Waals surface area contributed by atoms with Gasteiger partial charge < -0.3 is 27.7 Å². The Morgan fingerprint density at radius 2 is 1.11 bits per heavy atom. The van der Waals surface area contributed by atoms with Crippen LogP contribution in [0.2, 0.25) is 18.9 Å². The molecule has 0 aliphatic rings. The van der Waals surface area contributed by atoms with Crippen LogP contribution in [0.4, 0.5) is 0 Å². The number of fused-ring (bicyclic) bond motifs is 2. The average molecular weight is 536 g/mol. The maximum atomic E-state index is 4.54. The fourth-order valence-electron chi connectivity index (χ4n) is 2.14. The third-order valence-electron chi connectivity index (χ3n) is 3.23. The molecule has 4 aromatic carbocycles. The first-order valence-corrected chi connectivity index (χ1v) is 12.3. The van der Waals surface area contributed by atoms with Gasteiger partial charge in [0.2, 0.25) is 0 Å². The van der Waals surface area contributed by atoms with Gasteiger partial charge in [-0.15, -0.1) is 59.3 Å². The van der Waals surface area contributed by atoms with E-state index in [0.29, 0.717) is 0 Å². The van der Waals surface area contributed by atoms with Crippen LogP contribution in [0.25, 0.3) is 21.5 Å². The van der Waals surface area contributed by atoms with Crippen LogP contribution in [-0.4, -0.2) is 41.7 Å². The van der Waals surface area contributed by atoms with Crippen LogP contribution in [0.3, 0.4) is 0 Å². The quantitative estimate of drug-likeness (QED) is 0.240. The van der Waals surface area contributed by atoms with Crippen molar-refractivity contribution in [2.24, 2.45) is 0 Å².